The van der Waals surface area contributed by atoms with E-state index in [-0.39, 0.29) is 17.4 Å². The summed E-state index contributed by atoms with van der Waals surface area (Å²) in [6, 6.07) is 15.5. The second-order valence-electron chi connectivity index (χ2n) is 6.77. The molecule has 0 aliphatic carbocycles. The average molecular weight is 427 g/mol. The van der Waals surface area contributed by atoms with Gasteiger partial charge in [-0.15, -0.1) is 10.2 Å². The second-order valence-corrected chi connectivity index (χ2v) is 7.13. The molecule has 0 saturated carbocycles. The van der Waals surface area contributed by atoms with Crippen LogP contribution in [0.1, 0.15) is 41.0 Å². The Bertz CT molecular complexity index is 1250. The molecule has 0 radical (unpaired) electrons. The molecule has 2 heterocycles. The van der Waals surface area contributed by atoms with E-state index in [4.69, 9.17) is 17.1 Å². The minimum absolute atomic E-state index is 0.0703. The molecule has 0 aliphatic rings. The average Bonchev–Trinajstić information content (AvgIpc) is 3.48. The van der Waals surface area contributed by atoms with Gasteiger partial charge in [0.25, 0.3) is 0 Å². The Balaban J connectivity index is 1.70. The number of aromatic amines is 1. The van der Waals surface area contributed by atoms with Crippen molar-refractivity contribution in [3.05, 3.63) is 70.8 Å². The summed E-state index contributed by atoms with van der Waals surface area (Å²) in [5.74, 6) is 0.839. The van der Waals surface area contributed by atoms with E-state index in [0.717, 1.165) is 28.7 Å². The Morgan fingerprint density at radius 2 is 1.97 bits per heavy atom. The van der Waals surface area contributed by atoms with E-state index in [1.807, 2.05) is 55.5 Å². The van der Waals surface area contributed by atoms with Crippen molar-refractivity contribution in [2.75, 3.05) is 0 Å². The molecule has 0 bridgehead atoms. The fourth-order valence-electron chi connectivity index (χ4n) is 3.30. The standard InChI is InChI=1S/C22H23ClN6O/c1-2-3-8-20-24-21(23)19(14-30)29(20)13-15-9-11-16(12-10-15)17-6-4-5-7-18(17)22-25-27-28-26-22/h4-7,9-12,30H,2-3,8,13-14H2,1H3,(H,25,26,27,28)/i8D,14D2,30D. The van der Waals surface area contributed by atoms with Crippen molar-refractivity contribution in [1.29, 1.82) is 1.43 Å². The number of H-pyrrole nitrogens is 1. The third-order valence-corrected chi connectivity index (χ3v) is 5.05. The van der Waals surface area contributed by atoms with Crippen molar-refractivity contribution < 1.29 is 9.22 Å². The Morgan fingerprint density at radius 1 is 1.17 bits per heavy atom. The van der Waals surface area contributed by atoms with E-state index in [1.54, 1.807) is 4.57 Å². The lowest BCUT2D eigenvalue weighted by Gasteiger charge is -2.12. The summed E-state index contributed by atoms with van der Waals surface area (Å²) < 4.78 is 33.4. The van der Waals surface area contributed by atoms with E-state index in [0.29, 0.717) is 18.1 Å². The van der Waals surface area contributed by atoms with Gasteiger partial charge in [0.1, 0.15) is 5.82 Å². The molecule has 2 aromatic heterocycles. The molecule has 8 heteroatoms. The van der Waals surface area contributed by atoms with Crippen LogP contribution in [-0.4, -0.2) is 36.7 Å². The van der Waals surface area contributed by atoms with Gasteiger partial charge in [-0.05, 0) is 28.3 Å². The normalized spacial score (nSPS) is 14.6. The van der Waals surface area contributed by atoms with Gasteiger partial charge in [0.05, 0.1) is 15.0 Å². The first-order valence-corrected chi connectivity index (χ1v) is 9.98. The fourth-order valence-corrected chi connectivity index (χ4v) is 3.53. The molecule has 0 fully saturated rings. The van der Waals surface area contributed by atoms with Gasteiger partial charge in [-0.1, -0.05) is 73.5 Å². The SMILES string of the molecule is [2H]OC([2H])([2H])c1c(Cl)nc(C([2H])CCC)n1Cc1ccc(-c2ccccc2-c2nn[nH]n2)cc1. The third kappa shape index (κ3) is 4.13. The lowest BCUT2D eigenvalue weighted by molar-refractivity contribution is 0.271. The van der Waals surface area contributed by atoms with Crippen molar-refractivity contribution in [2.24, 2.45) is 0 Å². The number of aromatic nitrogens is 6. The molecule has 0 amide bonds. The van der Waals surface area contributed by atoms with E-state index < -0.39 is 13.0 Å². The molecule has 7 nitrogen and oxygen atoms in total. The van der Waals surface area contributed by atoms with Crippen LogP contribution in [-0.2, 0) is 19.5 Å². The highest BCUT2D eigenvalue weighted by atomic mass is 35.5. The summed E-state index contributed by atoms with van der Waals surface area (Å²) in [6.07, 6.45) is 0.632. The molecule has 2 aromatic carbocycles. The van der Waals surface area contributed by atoms with Gasteiger partial charge in [-0.25, -0.2) is 4.98 Å². The maximum absolute atomic E-state index is 8.46. The van der Waals surface area contributed by atoms with Gasteiger partial charge in [0.15, 0.2) is 5.15 Å². The van der Waals surface area contributed by atoms with Crippen LogP contribution in [0.15, 0.2) is 48.5 Å². The van der Waals surface area contributed by atoms with E-state index in [9.17, 15) is 0 Å². The predicted octanol–water partition coefficient (Wildman–Crippen LogP) is 4.27. The number of hydrogen-bond donors (Lipinski definition) is 2. The molecule has 0 spiro atoms. The van der Waals surface area contributed by atoms with Crippen molar-refractivity contribution in [3.8, 4) is 22.5 Å². The maximum Gasteiger partial charge on any atom is 0.211 e. The van der Waals surface area contributed by atoms with Gasteiger partial charge >= 0.3 is 0 Å². The first kappa shape index (κ1) is 15.8. The zero-order chi connectivity index (χ0) is 24.3. The lowest BCUT2D eigenvalue weighted by Crippen LogP contribution is -2.09. The third-order valence-electron chi connectivity index (χ3n) is 4.79. The highest BCUT2D eigenvalue weighted by Crippen LogP contribution is 2.30. The first-order valence-electron chi connectivity index (χ1n) is 11.6. The van der Waals surface area contributed by atoms with Crippen LogP contribution in [0.25, 0.3) is 22.5 Å². The zero-order valence-corrected chi connectivity index (χ0v) is 17.1. The second kappa shape index (κ2) is 9.19. The Hall–Kier alpha value is -3.03. The molecule has 4 aromatic rings. The van der Waals surface area contributed by atoms with Crippen molar-refractivity contribution in [1.82, 2.24) is 30.2 Å². The Kier molecular flexibility index (Phi) is 4.83. The van der Waals surface area contributed by atoms with Gasteiger partial charge < -0.3 is 9.68 Å². The monoisotopic (exact) mass is 426 g/mol. The molecule has 2 N–H and O–H groups in total. The van der Waals surface area contributed by atoms with Crippen molar-refractivity contribution >= 4 is 11.6 Å². The highest BCUT2D eigenvalue weighted by molar-refractivity contribution is 6.30. The van der Waals surface area contributed by atoms with Gasteiger partial charge in [0.2, 0.25) is 7.26 Å². The van der Waals surface area contributed by atoms with Crippen LogP contribution in [0.3, 0.4) is 0 Å². The van der Waals surface area contributed by atoms with Crippen LogP contribution < -0.4 is 0 Å². The molecular weight excluding hydrogens is 400 g/mol. The molecule has 0 aliphatic heterocycles. The smallest absolute Gasteiger partial charge is 0.211 e. The summed E-state index contributed by atoms with van der Waals surface area (Å²) in [4.78, 5) is 4.26. The molecule has 1 unspecified atom stereocenters. The Labute approximate surface area is 185 Å². The highest BCUT2D eigenvalue weighted by Gasteiger charge is 2.16. The minimum atomic E-state index is -2.47. The van der Waals surface area contributed by atoms with Crippen LogP contribution in [0, 0.1) is 0 Å². The zero-order valence-electron chi connectivity index (χ0n) is 20.3. The summed E-state index contributed by atoms with van der Waals surface area (Å²) >= 11 is 6.26. The topological polar surface area (TPSA) is 92.5 Å². The van der Waals surface area contributed by atoms with Gasteiger partial charge in [0, 0.05) is 19.9 Å². The fraction of sp³-hybridized carbons (Fsp3) is 0.273. The van der Waals surface area contributed by atoms with Gasteiger partial charge in [-0.2, -0.15) is 5.21 Å². The molecule has 1 atom stereocenters. The number of hydrogen-bond acceptors (Lipinski definition) is 5. The number of aryl methyl sites for hydroxylation is 1. The molecule has 154 valence electrons. The number of rotatable bonds is 9. The summed E-state index contributed by atoms with van der Waals surface area (Å²) in [6.45, 7) is -0.286. The molecular formula is C22H23ClN6O. The number of nitrogens with one attached hydrogen (secondary N) is 1. The molecule has 0 saturated heterocycles. The van der Waals surface area contributed by atoms with Gasteiger partial charge in [-0.3, -0.25) is 0 Å². The lowest BCUT2D eigenvalue weighted by atomic mass is 9.98. The first-order chi connectivity index (χ1) is 16.4. The number of benzene rings is 2. The van der Waals surface area contributed by atoms with E-state index in [1.165, 1.54) is 0 Å². The van der Waals surface area contributed by atoms with Crippen molar-refractivity contribution in [2.45, 2.75) is 39.3 Å². The number of nitrogens with zero attached hydrogens (tertiary/aromatic N) is 5. The largest absolute Gasteiger partial charge is 0.390 e. The Morgan fingerprint density at radius 3 is 2.67 bits per heavy atom. The number of imidazole rings is 1. The van der Waals surface area contributed by atoms with E-state index in [2.05, 4.69) is 30.7 Å². The quantitative estimate of drug-likeness (QED) is 0.417. The van der Waals surface area contributed by atoms with Crippen LogP contribution in [0.5, 0.6) is 0 Å². The maximum atomic E-state index is 8.46. The summed E-state index contributed by atoms with van der Waals surface area (Å²) in [5, 5.41) is 18.5. The van der Waals surface area contributed by atoms with Crippen molar-refractivity contribution in [3.63, 3.8) is 0 Å². The summed E-state index contributed by atoms with van der Waals surface area (Å²) in [5.41, 5.74) is 3.51. The number of aliphatic hydroxyl groups is 1. The number of tetrazole rings is 1. The minimum Gasteiger partial charge on any atom is -0.390 e. The van der Waals surface area contributed by atoms with Crippen LogP contribution in [0.4, 0.5) is 0 Å². The van der Waals surface area contributed by atoms with E-state index >= 15 is 0 Å². The van der Waals surface area contributed by atoms with Crippen LogP contribution in [0.2, 0.25) is 5.15 Å². The van der Waals surface area contributed by atoms with Crippen LogP contribution >= 0.6 is 11.6 Å². The summed E-state index contributed by atoms with van der Waals surface area (Å²) in [7, 11) is 0. The predicted molar refractivity (Wildman–Crippen MR) is 116 cm³/mol. The molecule has 4 rings (SSSR count). The number of halogens is 1. The molecule has 30 heavy (non-hydrogen) atoms.